The number of amides is 1. The number of carbonyl (C=O) groups excluding carboxylic acids is 1. The zero-order valence-corrected chi connectivity index (χ0v) is 14.8. The number of para-hydroxylation sites is 1. The van der Waals surface area contributed by atoms with Crippen LogP contribution in [0.25, 0.3) is 0 Å². The molecule has 0 radical (unpaired) electrons. The van der Waals surface area contributed by atoms with Gasteiger partial charge in [-0.3, -0.25) is 9.79 Å². The van der Waals surface area contributed by atoms with E-state index < -0.39 is 5.91 Å². The highest BCUT2D eigenvalue weighted by Crippen LogP contribution is 2.18. The minimum absolute atomic E-state index is 0.431. The van der Waals surface area contributed by atoms with Gasteiger partial charge in [0.05, 0.1) is 7.11 Å². The zero-order valence-electron chi connectivity index (χ0n) is 14.8. The molecule has 132 valence electrons. The van der Waals surface area contributed by atoms with Crippen LogP contribution in [-0.2, 0) is 13.1 Å². The maximum Gasteiger partial charge on any atom is 0.248 e. The number of nitrogens with zero attached hydrogens (tertiary/aromatic N) is 2. The third-order valence-electron chi connectivity index (χ3n) is 3.84. The van der Waals surface area contributed by atoms with Gasteiger partial charge in [-0.2, -0.15) is 0 Å². The number of hydrogen-bond acceptors (Lipinski definition) is 3. The van der Waals surface area contributed by atoms with Gasteiger partial charge in [0, 0.05) is 38.3 Å². The first kappa shape index (κ1) is 18.3. The second-order valence-electron chi connectivity index (χ2n) is 5.63. The maximum atomic E-state index is 11.3. The lowest BCUT2D eigenvalue weighted by atomic mass is 10.1. The topological polar surface area (TPSA) is 79.9 Å². The number of ether oxygens (including phenoxy) is 1. The Hall–Kier alpha value is -3.02. The summed E-state index contributed by atoms with van der Waals surface area (Å²) in [6.07, 6.45) is 0. The van der Waals surface area contributed by atoms with Crippen molar-refractivity contribution in [1.82, 2.24) is 10.2 Å². The van der Waals surface area contributed by atoms with Crippen LogP contribution in [0.5, 0.6) is 5.75 Å². The predicted octanol–water partition coefficient (Wildman–Crippen LogP) is 2.00. The Balaban J connectivity index is 2.02. The number of methoxy groups -OCH3 is 1. The van der Waals surface area contributed by atoms with Crippen LogP contribution in [-0.4, -0.2) is 38.0 Å². The Labute approximate surface area is 148 Å². The number of nitrogens with one attached hydrogen (secondary N) is 1. The lowest BCUT2D eigenvalue weighted by Gasteiger charge is -2.23. The molecule has 25 heavy (non-hydrogen) atoms. The fourth-order valence-corrected chi connectivity index (χ4v) is 2.56. The van der Waals surface area contributed by atoms with Crippen molar-refractivity contribution in [2.24, 2.45) is 10.7 Å². The second-order valence-corrected chi connectivity index (χ2v) is 5.63. The van der Waals surface area contributed by atoms with E-state index in [4.69, 9.17) is 10.5 Å². The average molecular weight is 340 g/mol. The number of primary amides is 1. The molecule has 2 aromatic rings. The Bertz CT molecular complexity index is 759. The predicted molar refractivity (Wildman–Crippen MR) is 99.6 cm³/mol. The van der Waals surface area contributed by atoms with Crippen LogP contribution in [0, 0.1) is 0 Å². The number of guanidine groups is 1. The van der Waals surface area contributed by atoms with Crippen LogP contribution in [0.4, 0.5) is 0 Å². The normalized spacial score (nSPS) is 11.1. The molecule has 0 aliphatic carbocycles. The van der Waals surface area contributed by atoms with E-state index in [0.717, 1.165) is 22.8 Å². The van der Waals surface area contributed by atoms with Crippen LogP contribution >= 0.6 is 0 Å². The molecule has 6 nitrogen and oxygen atoms in total. The van der Waals surface area contributed by atoms with Crippen molar-refractivity contribution in [2.75, 3.05) is 21.2 Å². The molecular weight excluding hydrogens is 316 g/mol. The van der Waals surface area contributed by atoms with Crippen LogP contribution < -0.4 is 15.8 Å². The summed E-state index contributed by atoms with van der Waals surface area (Å²) in [7, 11) is 5.36. The highest BCUT2D eigenvalue weighted by atomic mass is 16.5. The summed E-state index contributed by atoms with van der Waals surface area (Å²) in [6.45, 7) is 1.20. The van der Waals surface area contributed by atoms with E-state index in [2.05, 4.69) is 10.3 Å². The molecule has 0 saturated carbocycles. The Kier molecular flexibility index (Phi) is 6.39. The fraction of sp³-hybridized carbons (Fsp3) is 0.263. The van der Waals surface area contributed by atoms with Crippen LogP contribution in [0.15, 0.2) is 53.5 Å². The summed E-state index contributed by atoms with van der Waals surface area (Å²) in [6, 6.07) is 15.1. The lowest BCUT2D eigenvalue weighted by Crippen LogP contribution is -2.38. The molecule has 2 rings (SSSR count). The fourth-order valence-electron chi connectivity index (χ4n) is 2.56. The smallest absolute Gasteiger partial charge is 0.248 e. The molecule has 0 aliphatic rings. The second kappa shape index (κ2) is 8.73. The molecule has 1 amide bonds. The van der Waals surface area contributed by atoms with Gasteiger partial charge in [0.15, 0.2) is 5.96 Å². The van der Waals surface area contributed by atoms with E-state index in [1.165, 1.54) is 0 Å². The van der Waals surface area contributed by atoms with Crippen molar-refractivity contribution in [1.29, 1.82) is 0 Å². The summed E-state index contributed by atoms with van der Waals surface area (Å²) < 4.78 is 5.39. The zero-order chi connectivity index (χ0) is 18.2. The first-order chi connectivity index (χ1) is 12.0. The summed E-state index contributed by atoms with van der Waals surface area (Å²) in [4.78, 5) is 17.6. The third kappa shape index (κ3) is 4.97. The van der Waals surface area contributed by atoms with E-state index in [9.17, 15) is 4.79 Å². The summed E-state index contributed by atoms with van der Waals surface area (Å²) in [5.41, 5.74) is 7.86. The van der Waals surface area contributed by atoms with Crippen molar-refractivity contribution < 1.29 is 9.53 Å². The number of aliphatic imine (C=N–C) groups is 1. The first-order valence-corrected chi connectivity index (χ1v) is 7.97. The number of carbonyl (C=O) groups is 1. The number of benzene rings is 2. The van der Waals surface area contributed by atoms with E-state index in [0.29, 0.717) is 18.7 Å². The minimum atomic E-state index is -0.431. The van der Waals surface area contributed by atoms with E-state index in [1.807, 2.05) is 48.3 Å². The van der Waals surface area contributed by atoms with Crippen LogP contribution in [0.2, 0.25) is 0 Å². The van der Waals surface area contributed by atoms with E-state index in [1.54, 1.807) is 26.3 Å². The molecule has 0 heterocycles. The molecule has 0 spiro atoms. The molecule has 6 heteroatoms. The maximum absolute atomic E-state index is 11.3. The number of nitrogens with two attached hydrogens (primary N) is 1. The summed E-state index contributed by atoms with van der Waals surface area (Å²) >= 11 is 0. The van der Waals surface area contributed by atoms with Crippen molar-refractivity contribution in [3.63, 3.8) is 0 Å². The molecule has 0 saturated heterocycles. The SMILES string of the molecule is CN=C(NCc1cccc(C(N)=O)c1)N(C)Cc1ccccc1OC. The highest BCUT2D eigenvalue weighted by Gasteiger charge is 2.10. The molecule has 0 aromatic heterocycles. The minimum Gasteiger partial charge on any atom is -0.496 e. The van der Waals surface area contributed by atoms with Gasteiger partial charge in [-0.1, -0.05) is 30.3 Å². The largest absolute Gasteiger partial charge is 0.496 e. The quantitative estimate of drug-likeness (QED) is 0.623. The number of rotatable bonds is 6. The van der Waals surface area contributed by atoms with Crippen LogP contribution in [0.3, 0.4) is 0 Å². The van der Waals surface area contributed by atoms with Gasteiger partial charge in [0.2, 0.25) is 5.91 Å². The molecule has 0 atom stereocenters. The Morgan fingerprint density at radius 3 is 2.68 bits per heavy atom. The van der Waals surface area contributed by atoms with Crippen molar-refractivity contribution >= 4 is 11.9 Å². The molecule has 0 bridgehead atoms. The van der Waals surface area contributed by atoms with E-state index in [-0.39, 0.29) is 0 Å². The number of hydrogen-bond donors (Lipinski definition) is 2. The Morgan fingerprint density at radius 1 is 1.24 bits per heavy atom. The summed E-state index contributed by atoms with van der Waals surface area (Å²) in [5, 5.41) is 3.29. The highest BCUT2D eigenvalue weighted by molar-refractivity contribution is 5.92. The van der Waals surface area contributed by atoms with Crippen molar-refractivity contribution in [3.05, 3.63) is 65.2 Å². The molecule has 2 aromatic carbocycles. The van der Waals surface area contributed by atoms with Gasteiger partial charge >= 0.3 is 0 Å². The van der Waals surface area contributed by atoms with Gasteiger partial charge in [-0.25, -0.2) is 0 Å². The molecule has 0 fully saturated rings. The third-order valence-corrected chi connectivity index (χ3v) is 3.84. The average Bonchev–Trinajstić information content (AvgIpc) is 2.63. The lowest BCUT2D eigenvalue weighted by molar-refractivity contribution is 0.1000. The van der Waals surface area contributed by atoms with Gasteiger partial charge in [-0.15, -0.1) is 0 Å². The van der Waals surface area contributed by atoms with Crippen molar-refractivity contribution in [2.45, 2.75) is 13.1 Å². The van der Waals surface area contributed by atoms with Gasteiger partial charge in [0.25, 0.3) is 0 Å². The van der Waals surface area contributed by atoms with E-state index >= 15 is 0 Å². The first-order valence-electron chi connectivity index (χ1n) is 7.97. The molecule has 0 aliphatic heterocycles. The monoisotopic (exact) mass is 340 g/mol. The van der Waals surface area contributed by atoms with Crippen molar-refractivity contribution in [3.8, 4) is 5.75 Å². The molecule has 0 unspecified atom stereocenters. The molecular formula is C19H24N4O2. The van der Waals surface area contributed by atoms with Gasteiger partial charge in [-0.05, 0) is 23.8 Å². The van der Waals surface area contributed by atoms with Gasteiger partial charge in [0.1, 0.15) is 5.75 Å². The standard InChI is InChI=1S/C19H24N4O2/c1-21-19(22-12-14-7-6-9-15(11-14)18(20)24)23(2)13-16-8-4-5-10-17(16)25-3/h4-11H,12-13H2,1-3H3,(H2,20,24)(H,21,22). The van der Waals surface area contributed by atoms with Gasteiger partial charge < -0.3 is 20.7 Å². The van der Waals surface area contributed by atoms with Crippen LogP contribution in [0.1, 0.15) is 21.5 Å². The summed E-state index contributed by atoms with van der Waals surface area (Å²) in [5.74, 6) is 1.16. The molecule has 3 N–H and O–H groups in total. The Morgan fingerprint density at radius 2 is 2.00 bits per heavy atom.